The van der Waals surface area contributed by atoms with E-state index in [-0.39, 0.29) is 5.91 Å². The number of nitrogens with one attached hydrogen (secondary N) is 1. The van der Waals surface area contributed by atoms with Gasteiger partial charge in [0.2, 0.25) is 5.91 Å². The summed E-state index contributed by atoms with van der Waals surface area (Å²) >= 11 is 0. The van der Waals surface area contributed by atoms with E-state index in [1.165, 1.54) is 0 Å². The lowest BCUT2D eigenvalue weighted by Gasteiger charge is -2.28. The zero-order valence-electron chi connectivity index (χ0n) is 6.89. The molecule has 0 bridgehead atoms. The van der Waals surface area contributed by atoms with Crippen LogP contribution in [0.1, 0.15) is 13.3 Å². The van der Waals surface area contributed by atoms with Gasteiger partial charge in [-0.2, -0.15) is 0 Å². The molecule has 0 aromatic rings. The summed E-state index contributed by atoms with van der Waals surface area (Å²) in [5.41, 5.74) is 0.943. The van der Waals surface area contributed by atoms with Crippen LogP contribution in [0.25, 0.3) is 0 Å². The van der Waals surface area contributed by atoms with Crippen molar-refractivity contribution < 1.29 is 4.79 Å². The van der Waals surface area contributed by atoms with Gasteiger partial charge in [0, 0.05) is 12.2 Å². The first kappa shape index (κ1) is 8.11. The molecule has 1 aliphatic heterocycles. The molecule has 1 N–H and O–H groups in total. The van der Waals surface area contributed by atoms with Gasteiger partial charge in [-0.1, -0.05) is 13.5 Å². The second kappa shape index (κ2) is 3.42. The fourth-order valence-electron chi connectivity index (χ4n) is 1.16. The van der Waals surface area contributed by atoms with Gasteiger partial charge in [0.1, 0.15) is 0 Å². The standard InChI is InChI=1S/C8H14N2O/c1-3-4-10-6-7(2)9-5-8(10)11/h9H,2-6H2,1H3. The van der Waals surface area contributed by atoms with Crippen molar-refractivity contribution in [3.8, 4) is 0 Å². The Bertz CT molecular complexity index is 177. The molecule has 0 aromatic carbocycles. The maximum Gasteiger partial charge on any atom is 0.242 e. The van der Waals surface area contributed by atoms with Crippen molar-refractivity contribution in [2.45, 2.75) is 13.3 Å². The molecule has 62 valence electrons. The van der Waals surface area contributed by atoms with Crippen LogP contribution in [-0.2, 0) is 4.79 Å². The molecular formula is C8H14N2O. The van der Waals surface area contributed by atoms with Gasteiger partial charge in [0.15, 0.2) is 0 Å². The molecule has 1 saturated heterocycles. The van der Waals surface area contributed by atoms with Crippen molar-refractivity contribution in [3.63, 3.8) is 0 Å². The molecule has 0 unspecified atom stereocenters. The molecule has 0 aliphatic carbocycles. The van der Waals surface area contributed by atoms with E-state index < -0.39 is 0 Å². The third-order valence-electron chi connectivity index (χ3n) is 1.72. The van der Waals surface area contributed by atoms with E-state index >= 15 is 0 Å². The highest BCUT2D eigenvalue weighted by molar-refractivity contribution is 5.79. The number of hydrogen-bond acceptors (Lipinski definition) is 2. The second-order valence-electron chi connectivity index (χ2n) is 2.77. The number of carbonyl (C=O) groups is 1. The van der Waals surface area contributed by atoms with Crippen LogP contribution in [0.15, 0.2) is 12.3 Å². The lowest BCUT2D eigenvalue weighted by atomic mass is 10.3. The molecule has 1 aliphatic rings. The first-order valence-electron chi connectivity index (χ1n) is 3.93. The summed E-state index contributed by atoms with van der Waals surface area (Å²) < 4.78 is 0. The van der Waals surface area contributed by atoms with Gasteiger partial charge >= 0.3 is 0 Å². The summed E-state index contributed by atoms with van der Waals surface area (Å²) in [5, 5.41) is 2.93. The second-order valence-corrected chi connectivity index (χ2v) is 2.77. The molecular weight excluding hydrogens is 140 g/mol. The van der Waals surface area contributed by atoms with Crippen LogP contribution >= 0.6 is 0 Å². The lowest BCUT2D eigenvalue weighted by Crippen LogP contribution is -2.46. The molecule has 11 heavy (non-hydrogen) atoms. The first-order chi connectivity index (χ1) is 5.24. The van der Waals surface area contributed by atoms with Crippen LogP contribution in [-0.4, -0.2) is 30.4 Å². The molecule has 0 aromatic heterocycles. The van der Waals surface area contributed by atoms with Gasteiger partial charge in [0.05, 0.1) is 13.1 Å². The van der Waals surface area contributed by atoms with Crippen molar-refractivity contribution in [2.24, 2.45) is 0 Å². The SMILES string of the molecule is C=C1CN(CCC)C(=O)CN1. The van der Waals surface area contributed by atoms with Crippen molar-refractivity contribution in [1.82, 2.24) is 10.2 Å². The van der Waals surface area contributed by atoms with E-state index in [9.17, 15) is 4.79 Å². The zero-order valence-corrected chi connectivity index (χ0v) is 6.89. The molecule has 0 saturated carbocycles. The topological polar surface area (TPSA) is 32.3 Å². The third kappa shape index (κ3) is 1.97. The highest BCUT2D eigenvalue weighted by Gasteiger charge is 2.17. The first-order valence-corrected chi connectivity index (χ1v) is 3.93. The summed E-state index contributed by atoms with van der Waals surface area (Å²) in [5.74, 6) is 0.180. The Hall–Kier alpha value is -0.990. The van der Waals surface area contributed by atoms with E-state index in [1.54, 1.807) is 0 Å². The number of hydrogen-bond donors (Lipinski definition) is 1. The zero-order chi connectivity index (χ0) is 8.27. The number of nitrogens with zero attached hydrogens (tertiary/aromatic N) is 1. The largest absolute Gasteiger partial charge is 0.379 e. The molecule has 3 heteroatoms. The summed E-state index contributed by atoms with van der Waals surface area (Å²) in [4.78, 5) is 13.0. The van der Waals surface area contributed by atoms with Gasteiger partial charge < -0.3 is 10.2 Å². The predicted molar refractivity (Wildman–Crippen MR) is 44.0 cm³/mol. The number of carbonyl (C=O) groups excluding carboxylic acids is 1. The number of rotatable bonds is 2. The Labute approximate surface area is 67.1 Å². The van der Waals surface area contributed by atoms with E-state index in [2.05, 4.69) is 18.8 Å². The van der Waals surface area contributed by atoms with Gasteiger partial charge in [-0.05, 0) is 6.42 Å². The molecule has 0 radical (unpaired) electrons. The summed E-state index contributed by atoms with van der Waals surface area (Å²) in [6.07, 6.45) is 1.01. The van der Waals surface area contributed by atoms with Crippen LogP contribution in [0.5, 0.6) is 0 Å². The Morgan fingerprint density at radius 3 is 3.09 bits per heavy atom. The van der Waals surface area contributed by atoms with Gasteiger partial charge in [-0.15, -0.1) is 0 Å². The van der Waals surface area contributed by atoms with Crippen LogP contribution in [0.2, 0.25) is 0 Å². The quantitative estimate of drug-likeness (QED) is 0.622. The minimum absolute atomic E-state index is 0.180. The van der Waals surface area contributed by atoms with Gasteiger partial charge in [-0.3, -0.25) is 4.79 Å². The fourth-order valence-corrected chi connectivity index (χ4v) is 1.16. The van der Waals surface area contributed by atoms with Crippen molar-refractivity contribution in [2.75, 3.05) is 19.6 Å². The Balaban J connectivity index is 2.47. The van der Waals surface area contributed by atoms with E-state index in [0.717, 1.165) is 18.7 Å². The highest BCUT2D eigenvalue weighted by atomic mass is 16.2. The van der Waals surface area contributed by atoms with E-state index in [4.69, 9.17) is 0 Å². The minimum atomic E-state index is 0.180. The van der Waals surface area contributed by atoms with E-state index in [1.807, 2.05) is 4.90 Å². The minimum Gasteiger partial charge on any atom is -0.379 e. The van der Waals surface area contributed by atoms with Crippen LogP contribution < -0.4 is 5.32 Å². The average Bonchev–Trinajstić information content (AvgIpc) is 1.98. The Morgan fingerprint density at radius 2 is 2.45 bits per heavy atom. The molecule has 1 amide bonds. The average molecular weight is 154 g/mol. The Morgan fingerprint density at radius 1 is 1.73 bits per heavy atom. The van der Waals surface area contributed by atoms with E-state index in [0.29, 0.717) is 13.1 Å². The summed E-state index contributed by atoms with van der Waals surface area (Å²) in [6, 6.07) is 0. The molecule has 1 heterocycles. The van der Waals surface area contributed by atoms with Crippen molar-refractivity contribution >= 4 is 5.91 Å². The third-order valence-corrected chi connectivity index (χ3v) is 1.72. The molecule has 1 rings (SSSR count). The maximum absolute atomic E-state index is 11.2. The van der Waals surface area contributed by atoms with Crippen LogP contribution in [0.3, 0.4) is 0 Å². The summed E-state index contributed by atoms with van der Waals surface area (Å²) in [6.45, 7) is 7.78. The molecule has 0 atom stereocenters. The van der Waals surface area contributed by atoms with Crippen LogP contribution in [0.4, 0.5) is 0 Å². The number of amides is 1. The smallest absolute Gasteiger partial charge is 0.242 e. The maximum atomic E-state index is 11.2. The highest BCUT2D eigenvalue weighted by Crippen LogP contribution is 2.01. The summed E-state index contributed by atoms with van der Waals surface area (Å²) in [7, 11) is 0. The lowest BCUT2D eigenvalue weighted by molar-refractivity contribution is -0.131. The van der Waals surface area contributed by atoms with Crippen molar-refractivity contribution in [3.05, 3.63) is 12.3 Å². The van der Waals surface area contributed by atoms with Gasteiger partial charge in [-0.25, -0.2) is 0 Å². The number of piperazine rings is 1. The molecule has 1 fully saturated rings. The molecule has 3 nitrogen and oxygen atoms in total. The fraction of sp³-hybridized carbons (Fsp3) is 0.625. The predicted octanol–water partition coefficient (Wildman–Crippen LogP) is 0.342. The Kier molecular flexibility index (Phi) is 2.52. The monoisotopic (exact) mass is 154 g/mol. The normalized spacial score (nSPS) is 18.5. The van der Waals surface area contributed by atoms with Crippen LogP contribution in [0, 0.1) is 0 Å². The van der Waals surface area contributed by atoms with Crippen molar-refractivity contribution in [1.29, 1.82) is 0 Å². The molecule has 0 spiro atoms. The van der Waals surface area contributed by atoms with Gasteiger partial charge in [0.25, 0.3) is 0 Å².